The minimum Gasteiger partial charge on any atom is -0.486 e. The molecule has 0 spiro atoms. The molecule has 0 radical (unpaired) electrons. The molecule has 140 valence electrons. The molecule has 6 nitrogen and oxygen atoms in total. The summed E-state index contributed by atoms with van der Waals surface area (Å²) in [4.78, 5) is 22.0. The molecule has 3 heterocycles. The third-order valence-corrected chi connectivity index (χ3v) is 5.50. The van der Waals surface area contributed by atoms with E-state index in [1.165, 1.54) is 0 Å². The average molecular weight is 391 g/mol. The van der Waals surface area contributed by atoms with E-state index in [4.69, 9.17) is 14.5 Å². The number of hydrogen-bond donors (Lipinski definition) is 1. The highest BCUT2D eigenvalue weighted by Crippen LogP contribution is 2.35. The van der Waals surface area contributed by atoms with Gasteiger partial charge < -0.3 is 14.8 Å². The topological polar surface area (TPSA) is 72.8 Å². The number of carbonyl (C=O) groups excluding carboxylic acids is 1. The number of carbonyl (C=O) groups is 1. The van der Waals surface area contributed by atoms with Crippen molar-refractivity contribution in [2.45, 2.75) is 0 Å². The van der Waals surface area contributed by atoms with Crippen molar-refractivity contribution in [3.63, 3.8) is 0 Å². The molecular formula is C21H17N3O3S. The first-order chi connectivity index (χ1) is 13.8. The summed E-state index contributed by atoms with van der Waals surface area (Å²) in [5, 5.41) is 4.40. The molecule has 1 aromatic heterocycles. The van der Waals surface area contributed by atoms with Crippen molar-refractivity contribution in [2.24, 2.45) is 4.99 Å². The number of ether oxygens (including phenoxy) is 2. The summed E-state index contributed by atoms with van der Waals surface area (Å²) in [6.45, 7) is 1.81. The Labute approximate surface area is 166 Å². The van der Waals surface area contributed by atoms with Gasteiger partial charge in [-0.25, -0.2) is 4.98 Å². The molecule has 5 rings (SSSR count). The lowest BCUT2D eigenvalue weighted by molar-refractivity contribution is 0.0979. The van der Waals surface area contributed by atoms with Crippen LogP contribution >= 0.6 is 11.8 Å². The van der Waals surface area contributed by atoms with Gasteiger partial charge in [-0.3, -0.25) is 9.79 Å². The van der Waals surface area contributed by atoms with Crippen LogP contribution < -0.4 is 14.8 Å². The Morgan fingerprint density at radius 2 is 1.89 bits per heavy atom. The Bertz CT molecular complexity index is 1110. The van der Waals surface area contributed by atoms with Crippen molar-refractivity contribution >= 4 is 33.7 Å². The first-order valence-electron chi connectivity index (χ1n) is 9.06. The average Bonchev–Trinajstić information content (AvgIpc) is 3.25. The van der Waals surface area contributed by atoms with Crippen molar-refractivity contribution in [3.05, 3.63) is 54.1 Å². The van der Waals surface area contributed by atoms with Gasteiger partial charge in [0.2, 0.25) is 0 Å². The molecule has 2 aliphatic heterocycles. The molecule has 0 unspecified atom stereocenters. The summed E-state index contributed by atoms with van der Waals surface area (Å²) in [6, 6.07) is 15.2. The zero-order chi connectivity index (χ0) is 18.9. The predicted molar refractivity (Wildman–Crippen MR) is 110 cm³/mol. The molecule has 28 heavy (non-hydrogen) atoms. The van der Waals surface area contributed by atoms with Crippen molar-refractivity contribution in [1.82, 2.24) is 10.3 Å². The van der Waals surface area contributed by atoms with E-state index >= 15 is 0 Å². The molecule has 3 aromatic rings. The van der Waals surface area contributed by atoms with Crippen LogP contribution in [0, 0.1) is 0 Å². The number of fused-ring (bicyclic) bond motifs is 2. The number of rotatable bonds is 2. The Balaban J connectivity index is 1.59. The summed E-state index contributed by atoms with van der Waals surface area (Å²) in [5.41, 5.74) is 2.92. The molecule has 1 N–H and O–H groups in total. The van der Waals surface area contributed by atoms with Crippen LogP contribution in [0.5, 0.6) is 11.5 Å². The maximum absolute atomic E-state index is 13.0. The summed E-state index contributed by atoms with van der Waals surface area (Å²) < 4.78 is 11.3. The minimum absolute atomic E-state index is 0.175. The summed E-state index contributed by atoms with van der Waals surface area (Å²) in [7, 11) is 0. The zero-order valence-electron chi connectivity index (χ0n) is 15.0. The van der Waals surface area contributed by atoms with E-state index in [0.29, 0.717) is 35.4 Å². The fraction of sp³-hybridized carbons (Fsp3) is 0.190. The van der Waals surface area contributed by atoms with Crippen molar-refractivity contribution in [2.75, 3.05) is 25.5 Å². The van der Waals surface area contributed by atoms with Crippen molar-refractivity contribution in [3.8, 4) is 22.8 Å². The standard InChI is InChI=1S/C21H17N3O3S/c25-20(24-21-22-7-10-28-21)15-12-17(23-16-4-2-1-3-14(15)16)13-5-6-18-19(11-13)27-9-8-26-18/h1-6,11-12H,7-10H2,(H,22,24,25). The largest absolute Gasteiger partial charge is 0.486 e. The van der Waals surface area contributed by atoms with Crippen LogP contribution in [0.2, 0.25) is 0 Å². The van der Waals surface area contributed by atoms with Crippen LogP contribution in [0.15, 0.2) is 53.5 Å². The molecule has 0 saturated carbocycles. The minimum atomic E-state index is -0.175. The van der Waals surface area contributed by atoms with Gasteiger partial charge in [0.05, 0.1) is 23.3 Å². The van der Waals surface area contributed by atoms with Crippen LogP contribution in [-0.2, 0) is 0 Å². The van der Waals surface area contributed by atoms with Crippen LogP contribution in [0.25, 0.3) is 22.2 Å². The number of nitrogens with zero attached hydrogens (tertiary/aromatic N) is 2. The number of para-hydroxylation sites is 1. The van der Waals surface area contributed by atoms with Gasteiger partial charge in [0.1, 0.15) is 13.2 Å². The van der Waals surface area contributed by atoms with Crippen LogP contribution in [0.4, 0.5) is 0 Å². The van der Waals surface area contributed by atoms with E-state index in [-0.39, 0.29) is 5.91 Å². The van der Waals surface area contributed by atoms with Gasteiger partial charge in [-0.15, -0.1) is 0 Å². The second-order valence-corrected chi connectivity index (χ2v) is 7.50. The monoisotopic (exact) mass is 391 g/mol. The van der Waals surface area contributed by atoms with Crippen LogP contribution in [0.3, 0.4) is 0 Å². The van der Waals surface area contributed by atoms with E-state index in [2.05, 4.69) is 10.3 Å². The number of nitrogens with one attached hydrogen (secondary N) is 1. The van der Waals surface area contributed by atoms with Gasteiger partial charge in [0, 0.05) is 16.7 Å². The lowest BCUT2D eigenvalue weighted by Crippen LogP contribution is -2.27. The van der Waals surface area contributed by atoms with Gasteiger partial charge in [-0.1, -0.05) is 30.0 Å². The number of amidine groups is 1. The molecular weight excluding hydrogens is 374 g/mol. The van der Waals surface area contributed by atoms with Crippen molar-refractivity contribution < 1.29 is 14.3 Å². The lowest BCUT2D eigenvalue weighted by atomic mass is 10.0. The van der Waals surface area contributed by atoms with Gasteiger partial charge in [-0.05, 0) is 30.3 Å². The van der Waals surface area contributed by atoms with E-state index in [0.717, 1.165) is 34.5 Å². The molecule has 2 aliphatic rings. The molecule has 0 saturated heterocycles. The Morgan fingerprint density at radius 3 is 2.75 bits per heavy atom. The fourth-order valence-corrected chi connectivity index (χ4v) is 4.01. The predicted octanol–water partition coefficient (Wildman–Crippen LogP) is 3.51. The Morgan fingerprint density at radius 1 is 1.04 bits per heavy atom. The van der Waals surface area contributed by atoms with Crippen LogP contribution in [-0.4, -0.2) is 41.6 Å². The van der Waals surface area contributed by atoms with E-state index in [1.807, 2.05) is 48.5 Å². The second-order valence-electron chi connectivity index (χ2n) is 6.42. The second kappa shape index (κ2) is 7.16. The normalized spacial score (nSPS) is 15.4. The number of hydrogen-bond acceptors (Lipinski definition) is 6. The number of pyridine rings is 1. The molecule has 0 atom stereocenters. The van der Waals surface area contributed by atoms with Gasteiger partial charge in [0.25, 0.3) is 5.91 Å². The Hall–Kier alpha value is -3.06. The summed E-state index contributed by atoms with van der Waals surface area (Å²) in [5.74, 6) is 2.15. The molecule has 0 fully saturated rings. The van der Waals surface area contributed by atoms with E-state index < -0.39 is 0 Å². The smallest absolute Gasteiger partial charge is 0.257 e. The number of amides is 1. The number of aliphatic imine (C=N–C) groups is 1. The summed E-state index contributed by atoms with van der Waals surface area (Å²) in [6.07, 6.45) is 0. The highest BCUT2D eigenvalue weighted by atomic mass is 32.2. The van der Waals surface area contributed by atoms with E-state index in [1.54, 1.807) is 11.8 Å². The Kier molecular flexibility index (Phi) is 4.37. The summed E-state index contributed by atoms with van der Waals surface area (Å²) >= 11 is 1.56. The molecule has 0 bridgehead atoms. The fourth-order valence-electron chi connectivity index (χ4n) is 3.29. The third kappa shape index (κ3) is 3.18. The highest BCUT2D eigenvalue weighted by Gasteiger charge is 2.18. The highest BCUT2D eigenvalue weighted by molar-refractivity contribution is 8.14. The van der Waals surface area contributed by atoms with Crippen LogP contribution in [0.1, 0.15) is 10.4 Å². The third-order valence-electron chi connectivity index (χ3n) is 4.60. The maximum atomic E-state index is 13.0. The number of aromatic nitrogens is 1. The SMILES string of the molecule is O=C(NC1=NCCS1)c1cc(-c2ccc3c(c2)OCCO3)nc2ccccc12. The molecule has 1 amide bonds. The maximum Gasteiger partial charge on any atom is 0.257 e. The van der Waals surface area contributed by atoms with Gasteiger partial charge in [-0.2, -0.15) is 0 Å². The molecule has 2 aromatic carbocycles. The number of thioether (sulfide) groups is 1. The zero-order valence-corrected chi connectivity index (χ0v) is 15.8. The number of benzene rings is 2. The van der Waals surface area contributed by atoms with E-state index in [9.17, 15) is 4.79 Å². The lowest BCUT2D eigenvalue weighted by Gasteiger charge is -2.19. The van der Waals surface area contributed by atoms with Crippen molar-refractivity contribution in [1.29, 1.82) is 0 Å². The first kappa shape index (κ1) is 17.1. The molecule has 7 heteroatoms. The van der Waals surface area contributed by atoms with Gasteiger partial charge >= 0.3 is 0 Å². The molecule has 0 aliphatic carbocycles. The first-order valence-corrected chi connectivity index (χ1v) is 10.0. The quantitative estimate of drug-likeness (QED) is 0.724. The van der Waals surface area contributed by atoms with Gasteiger partial charge in [0.15, 0.2) is 16.7 Å².